The van der Waals surface area contributed by atoms with Gasteiger partial charge in [-0.05, 0) is 19.9 Å². The number of aromatic nitrogens is 1. The van der Waals surface area contributed by atoms with Crippen LogP contribution in [0, 0.1) is 11.4 Å². The van der Waals surface area contributed by atoms with Gasteiger partial charge in [-0.3, -0.25) is 4.79 Å². The summed E-state index contributed by atoms with van der Waals surface area (Å²) < 4.78 is 18.6. The van der Waals surface area contributed by atoms with E-state index in [1.807, 2.05) is 13.8 Å². The van der Waals surface area contributed by atoms with Gasteiger partial charge in [0.25, 0.3) is 0 Å². The molecule has 0 saturated carbocycles. The summed E-state index contributed by atoms with van der Waals surface area (Å²) in [4.78, 5) is 17.7. The summed E-state index contributed by atoms with van der Waals surface area (Å²) in [5, 5.41) is 0. The Balaban J connectivity index is 1.94. The summed E-state index contributed by atoms with van der Waals surface area (Å²) in [7, 11) is 0. The Labute approximate surface area is 122 Å². The summed E-state index contributed by atoms with van der Waals surface area (Å²) in [6.45, 7) is 4.76. The predicted octanol–water partition coefficient (Wildman–Crippen LogP) is 2.47. The van der Waals surface area contributed by atoms with Crippen LogP contribution in [0.3, 0.4) is 0 Å². The minimum atomic E-state index is -0.576. The topological polar surface area (TPSA) is 42.4 Å². The SMILES string of the molecule is CC(C)(CCl)C(=O)N1CCC(Oc2cccc(F)n2)C1. The number of likely N-dealkylation sites (tertiary alicyclic amines) is 1. The first kappa shape index (κ1) is 15.0. The van der Waals surface area contributed by atoms with Gasteiger partial charge in [-0.15, -0.1) is 11.6 Å². The number of carbonyl (C=O) groups excluding carboxylic acids is 1. The molecule has 1 aliphatic rings. The highest BCUT2D eigenvalue weighted by Crippen LogP contribution is 2.25. The predicted molar refractivity (Wildman–Crippen MR) is 74.3 cm³/mol. The lowest BCUT2D eigenvalue weighted by Crippen LogP contribution is -2.41. The highest BCUT2D eigenvalue weighted by atomic mass is 35.5. The summed E-state index contributed by atoms with van der Waals surface area (Å²) >= 11 is 5.82. The standard InChI is InChI=1S/C14H18ClFN2O2/c1-14(2,9-15)13(19)18-7-6-10(8-18)20-12-5-3-4-11(16)17-12/h3-5,10H,6-9H2,1-2H3. The molecular formula is C14H18ClFN2O2. The first-order valence-electron chi connectivity index (χ1n) is 6.57. The number of hydrogen-bond acceptors (Lipinski definition) is 3. The highest BCUT2D eigenvalue weighted by molar-refractivity contribution is 6.19. The number of rotatable bonds is 4. The molecule has 0 bridgehead atoms. The zero-order valence-corrected chi connectivity index (χ0v) is 12.4. The van der Waals surface area contributed by atoms with Gasteiger partial charge in [-0.25, -0.2) is 0 Å². The smallest absolute Gasteiger partial charge is 0.229 e. The second-order valence-corrected chi connectivity index (χ2v) is 5.86. The fraction of sp³-hybridized carbons (Fsp3) is 0.571. The molecular weight excluding hydrogens is 283 g/mol. The molecule has 6 heteroatoms. The van der Waals surface area contributed by atoms with E-state index in [0.29, 0.717) is 19.5 Å². The van der Waals surface area contributed by atoms with Crippen molar-refractivity contribution < 1.29 is 13.9 Å². The molecule has 1 unspecified atom stereocenters. The number of pyridine rings is 1. The molecule has 110 valence electrons. The van der Waals surface area contributed by atoms with E-state index in [1.54, 1.807) is 17.0 Å². The first-order valence-corrected chi connectivity index (χ1v) is 7.10. The Morgan fingerprint density at radius 2 is 2.35 bits per heavy atom. The van der Waals surface area contributed by atoms with E-state index in [-0.39, 0.29) is 23.8 Å². The van der Waals surface area contributed by atoms with Crippen LogP contribution in [0.5, 0.6) is 5.88 Å². The Morgan fingerprint density at radius 3 is 3.00 bits per heavy atom. The number of hydrogen-bond donors (Lipinski definition) is 0. The molecule has 0 N–H and O–H groups in total. The Bertz CT molecular complexity index is 496. The minimum Gasteiger partial charge on any atom is -0.472 e. The number of nitrogens with zero attached hydrogens (tertiary/aromatic N) is 2. The number of alkyl halides is 1. The molecule has 1 amide bonds. The fourth-order valence-corrected chi connectivity index (χ4v) is 2.23. The number of halogens is 2. The maximum atomic E-state index is 13.0. The molecule has 1 atom stereocenters. The van der Waals surface area contributed by atoms with E-state index < -0.39 is 11.4 Å². The fourth-order valence-electron chi connectivity index (χ4n) is 2.12. The molecule has 0 radical (unpaired) electrons. The third-order valence-electron chi connectivity index (χ3n) is 3.32. The van der Waals surface area contributed by atoms with Crippen molar-refractivity contribution in [3.05, 3.63) is 24.1 Å². The maximum absolute atomic E-state index is 13.0. The van der Waals surface area contributed by atoms with Gasteiger partial charge in [-0.2, -0.15) is 9.37 Å². The number of amides is 1. The van der Waals surface area contributed by atoms with E-state index in [1.165, 1.54) is 6.07 Å². The molecule has 0 spiro atoms. The molecule has 4 nitrogen and oxygen atoms in total. The van der Waals surface area contributed by atoms with Crippen molar-refractivity contribution in [3.8, 4) is 5.88 Å². The van der Waals surface area contributed by atoms with Crippen molar-refractivity contribution in [2.75, 3.05) is 19.0 Å². The van der Waals surface area contributed by atoms with Gasteiger partial charge >= 0.3 is 0 Å². The van der Waals surface area contributed by atoms with E-state index in [9.17, 15) is 9.18 Å². The van der Waals surface area contributed by atoms with Crippen LogP contribution in [-0.2, 0) is 4.79 Å². The van der Waals surface area contributed by atoms with Crippen LogP contribution in [0.4, 0.5) is 4.39 Å². The molecule has 1 aromatic rings. The van der Waals surface area contributed by atoms with Crippen LogP contribution in [0.1, 0.15) is 20.3 Å². The monoisotopic (exact) mass is 300 g/mol. The lowest BCUT2D eigenvalue weighted by atomic mass is 9.94. The molecule has 1 saturated heterocycles. The van der Waals surface area contributed by atoms with Gasteiger partial charge in [-0.1, -0.05) is 6.07 Å². The Hall–Kier alpha value is -1.36. The van der Waals surface area contributed by atoms with E-state index in [0.717, 1.165) is 0 Å². The van der Waals surface area contributed by atoms with Crippen LogP contribution in [0.25, 0.3) is 0 Å². The molecule has 0 aliphatic carbocycles. The van der Waals surface area contributed by atoms with Crippen LogP contribution < -0.4 is 4.74 Å². The largest absolute Gasteiger partial charge is 0.472 e. The van der Waals surface area contributed by atoms with Crippen LogP contribution in [0.2, 0.25) is 0 Å². The summed E-state index contributed by atoms with van der Waals surface area (Å²) in [6.07, 6.45) is 0.557. The maximum Gasteiger partial charge on any atom is 0.229 e. The molecule has 1 aliphatic heterocycles. The van der Waals surface area contributed by atoms with E-state index in [2.05, 4.69) is 4.98 Å². The average molecular weight is 301 g/mol. The van der Waals surface area contributed by atoms with Crippen molar-refractivity contribution in [1.82, 2.24) is 9.88 Å². The molecule has 20 heavy (non-hydrogen) atoms. The van der Waals surface area contributed by atoms with Crippen LogP contribution >= 0.6 is 11.6 Å². The van der Waals surface area contributed by atoms with E-state index >= 15 is 0 Å². The van der Waals surface area contributed by atoms with Crippen molar-refractivity contribution in [2.24, 2.45) is 5.41 Å². The summed E-state index contributed by atoms with van der Waals surface area (Å²) in [5.74, 6) is -0.0253. The minimum absolute atomic E-state index is 0.0193. The van der Waals surface area contributed by atoms with Crippen LogP contribution in [-0.4, -0.2) is 40.9 Å². The summed E-state index contributed by atoms with van der Waals surface area (Å²) in [6, 6.07) is 4.42. The van der Waals surface area contributed by atoms with Gasteiger partial charge < -0.3 is 9.64 Å². The first-order chi connectivity index (χ1) is 9.42. The lowest BCUT2D eigenvalue weighted by molar-refractivity contribution is -0.138. The van der Waals surface area contributed by atoms with Crippen molar-refractivity contribution >= 4 is 17.5 Å². The quantitative estimate of drug-likeness (QED) is 0.634. The van der Waals surface area contributed by atoms with Crippen LogP contribution in [0.15, 0.2) is 18.2 Å². The van der Waals surface area contributed by atoms with Gasteiger partial charge in [0, 0.05) is 24.9 Å². The normalized spacial score (nSPS) is 19.2. The Kier molecular flexibility index (Phi) is 4.48. The molecule has 1 aromatic heterocycles. The summed E-state index contributed by atoms with van der Waals surface area (Å²) in [5.41, 5.74) is -0.576. The van der Waals surface area contributed by atoms with Crippen molar-refractivity contribution in [2.45, 2.75) is 26.4 Å². The van der Waals surface area contributed by atoms with Gasteiger partial charge in [0.15, 0.2) is 0 Å². The third-order valence-corrected chi connectivity index (χ3v) is 3.99. The number of carbonyl (C=O) groups is 1. The molecule has 2 rings (SSSR count). The third kappa shape index (κ3) is 3.39. The zero-order chi connectivity index (χ0) is 14.8. The van der Waals surface area contributed by atoms with E-state index in [4.69, 9.17) is 16.3 Å². The molecule has 0 aromatic carbocycles. The van der Waals surface area contributed by atoms with Crippen molar-refractivity contribution in [3.63, 3.8) is 0 Å². The average Bonchev–Trinajstić information content (AvgIpc) is 2.86. The van der Waals surface area contributed by atoms with Gasteiger partial charge in [0.1, 0.15) is 6.10 Å². The van der Waals surface area contributed by atoms with Crippen molar-refractivity contribution in [1.29, 1.82) is 0 Å². The highest BCUT2D eigenvalue weighted by Gasteiger charge is 2.36. The second kappa shape index (κ2) is 5.95. The van der Waals surface area contributed by atoms with Gasteiger partial charge in [0.2, 0.25) is 17.7 Å². The molecule has 2 heterocycles. The lowest BCUT2D eigenvalue weighted by Gasteiger charge is -2.27. The Morgan fingerprint density at radius 1 is 1.60 bits per heavy atom. The molecule has 1 fully saturated rings. The zero-order valence-electron chi connectivity index (χ0n) is 11.6. The number of ether oxygens (including phenoxy) is 1. The second-order valence-electron chi connectivity index (χ2n) is 5.60. The van der Waals surface area contributed by atoms with Gasteiger partial charge in [0.05, 0.1) is 12.0 Å².